The summed E-state index contributed by atoms with van der Waals surface area (Å²) in [5.74, 6) is 0.204. The minimum atomic E-state index is -0.574. The summed E-state index contributed by atoms with van der Waals surface area (Å²) in [7, 11) is 0. The maximum Gasteiger partial charge on any atom is 0.414 e. The average molecular weight is 314 g/mol. The molecule has 6 heteroatoms. The molecule has 1 rings (SSSR count). The van der Waals surface area contributed by atoms with E-state index in [4.69, 9.17) is 4.74 Å². The fraction of sp³-hybridized carbons (Fsp3) is 0.417. The largest absolute Gasteiger partial charge is 0.444 e. The van der Waals surface area contributed by atoms with E-state index in [2.05, 4.69) is 37.8 Å². The summed E-state index contributed by atoms with van der Waals surface area (Å²) < 4.78 is 5.09. The molecule has 0 saturated heterocycles. The summed E-state index contributed by atoms with van der Waals surface area (Å²) >= 11 is 3.30. The van der Waals surface area contributed by atoms with Crippen molar-refractivity contribution in [2.24, 2.45) is 0 Å². The first-order chi connectivity index (χ1) is 8.31. The van der Waals surface area contributed by atoms with Gasteiger partial charge in [-0.25, -0.2) is 14.8 Å². The number of nitrogens with one attached hydrogen (secondary N) is 1. The van der Waals surface area contributed by atoms with Crippen LogP contribution in [0.15, 0.2) is 19.0 Å². The molecule has 18 heavy (non-hydrogen) atoms. The highest BCUT2D eigenvalue weighted by molar-refractivity contribution is 9.09. The van der Waals surface area contributed by atoms with E-state index in [0.29, 0.717) is 5.33 Å². The maximum atomic E-state index is 11.5. The molecule has 0 unspecified atom stereocenters. The molecule has 0 aliphatic rings. The molecule has 0 spiro atoms. The number of carbonyl (C=O) groups is 1. The van der Waals surface area contributed by atoms with Crippen molar-refractivity contribution in [2.45, 2.75) is 26.4 Å². The quantitative estimate of drug-likeness (QED) is 0.870. The molecule has 0 atom stereocenters. The summed E-state index contributed by atoms with van der Waals surface area (Å²) in [4.78, 5) is 19.5. The second-order valence-corrected chi connectivity index (χ2v) is 5.22. The summed E-state index contributed by atoms with van der Waals surface area (Å²) in [5, 5.41) is 3.11. The molecule has 0 saturated carbocycles. The topological polar surface area (TPSA) is 64.1 Å². The lowest BCUT2D eigenvalue weighted by Gasteiger charge is -2.19. The van der Waals surface area contributed by atoms with Crippen molar-refractivity contribution < 1.29 is 9.53 Å². The number of nitrogens with zero attached hydrogens (tertiary/aromatic N) is 2. The molecule has 0 aromatic carbocycles. The zero-order valence-electron chi connectivity index (χ0n) is 10.7. The number of hydrogen-bond donors (Lipinski definition) is 1. The normalized spacial score (nSPS) is 10.9. The highest BCUT2D eigenvalue weighted by Crippen LogP contribution is 2.13. The molecule has 1 amide bonds. The van der Waals surface area contributed by atoms with Gasteiger partial charge < -0.3 is 4.74 Å². The third-order valence-electron chi connectivity index (χ3n) is 1.83. The average Bonchev–Trinajstić information content (AvgIpc) is 2.26. The van der Waals surface area contributed by atoms with Crippen molar-refractivity contribution in [1.82, 2.24) is 9.97 Å². The first-order valence-electron chi connectivity index (χ1n) is 5.38. The van der Waals surface area contributed by atoms with Gasteiger partial charge in [0.2, 0.25) is 5.95 Å². The van der Waals surface area contributed by atoms with Crippen molar-refractivity contribution in [2.75, 3.05) is 10.6 Å². The number of carbonyl (C=O) groups excluding carboxylic acids is 1. The smallest absolute Gasteiger partial charge is 0.414 e. The zero-order valence-corrected chi connectivity index (χ0v) is 12.2. The van der Waals surface area contributed by atoms with Crippen LogP contribution in [0.3, 0.4) is 0 Å². The first-order valence-corrected chi connectivity index (χ1v) is 6.50. The fourth-order valence-electron chi connectivity index (χ4n) is 1.05. The van der Waals surface area contributed by atoms with E-state index in [-0.39, 0.29) is 5.95 Å². The Hall–Kier alpha value is -1.43. The molecule has 5 nitrogen and oxygen atoms in total. The second kappa shape index (κ2) is 5.95. The summed E-state index contributed by atoms with van der Waals surface area (Å²) in [6, 6.07) is 0. The van der Waals surface area contributed by atoms with Crippen molar-refractivity contribution in [3.05, 3.63) is 24.5 Å². The van der Waals surface area contributed by atoms with Crippen molar-refractivity contribution >= 4 is 33.5 Å². The number of ether oxygens (including phenoxy) is 1. The van der Waals surface area contributed by atoms with E-state index >= 15 is 0 Å². The van der Waals surface area contributed by atoms with Crippen LogP contribution in [-0.4, -0.2) is 27.0 Å². The van der Waals surface area contributed by atoms with Gasteiger partial charge in [0, 0.05) is 23.3 Å². The number of anilines is 1. The lowest BCUT2D eigenvalue weighted by atomic mass is 10.2. The summed E-state index contributed by atoms with van der Waals surface area (Å²) in [6.07, 6.45) is 2.63. The number of amides is 1. The van der Waals surface area contributed by atoms with Gasteiger partial charge in [0.25, 0.3) is 0 Å². The Bertz CT molecular complexity index is 438. The Morgan fingerprint density at radius 1 is 1.44 bits per heavy atom. The highest BCUT2D eigenvalue weighted by Gasteiger charge is 2.16. The SMILES string of the molecule is C=C(CBr)c1cnc(NC(=O)OC(C)(C)C)nc1. The van der Waals surface area contributed by atoms with Gasteiger partial charge in [-0.1, -0.05) is 22.5 Å². The Kier molecular flexibility index (Phi) is 4.84. The van der Waals surface area contributed by atoms with Crippen molar-refractivity contribution in [1.29, 1.82) is 0 Å². The van der Waals surface area contributed by atoms with Crippen molar-refractivity contribution in [3.8, 4) is 0 Å². The van der Waals surface area contributed by atoms with Crippen molar-refractivity contribution in [3.63, 3.8) is 0 Å². The number of alkyl halides is 1. The number of aromatic nitrogens is 2. The van der Waals surface area contributed by atoms with Gasteiger partial charge in [0.1, 0.15) is 5.60 Å². The summed E-state index contributed by atoms with van der Waals surface area (Å²) in [5.41, 5.74) is 1.15. The lowest BCUT2D eigenvalue weighted by molar-refractivity contribution is 0.0634. The fourth-order valence-corrected chi connectivity index (χ4v) is 1.37. The number of rotatable bonds is 3. The van der Waals surface area contributed by atoms with E-state index in [0.717, 1.165) is 11.1 Å². The van der Waals surface area contributed by atoms with E-state index in [9.17, 15) is 4.79 Å². The molecule has 1 heterocycles. The van der Waals surface area contributed by atoms with Crippen LogP contribution >= 0.6 is 15.9 Å². The molecule has 98 valence electrons. The molecule has 0 radical (unpaired) electrons. The van der Waals surface area contributed by atoms with Crippen LogP contribution in [0.2, 0.25) is 0 Å². The highest BCUT2D eigenvalue weighted by atomic mass is 79.9. The molecule has 1 aromatic heterocycles. The molecule has 0 fully saturated rings. The van der Waals surface area contributed by atoms with E-state index in [1.165, 1.54) is 0 Å². The maximum absolute atomic E-state index is 11.5. The zero-order chi connectivity index (χ0) is 13.8. The number of halogens is 1. The van der Waals surface area contributed by atoms with Crippen LogP contribution < -0.4 is 5.32 Å². The van der Waals surface area contributed by atoms with Gasteiger partial charge in [-0.2, -0.15) is 0 Å². The van der Waals surface area contributed by atoms with Crippen LogP contribution in [0.5, 0.6) is 0 Å². The summed E-state index contributed by atoms with van der Waals surface area (Å²) in [6.45, 7) is 9.21. The van der Waals surface area contributed by atoms with Gasteiger partial charge in [0.05, 0.1) is 0 Å². The first kappa shape index (κ1) is 14.6. The monoisotopic (exact) mass is 313 g/mol. The third-order valence-corrected chi connectivity index (χ3v) is 2.51. The number of hydrogen-bond acceptors (Lipinski definition) is 4. The Morgan fingerprint density at radius 2 is 2.00 bits per heavy atom. The Balaban J connectivity index is 2.64. The third kappa shape index (κ3) is 4.83. The van der Waals surface area contributed by atoms with Gasteiger partial charge in [-0.3, -0.25) is 5.32 Å². The predicted octanol–water partition coefficient (Wildman–Crippen LogP) is 3.23. The minimum Gasteiger partial charge on any atom is -0.444 e. The molecule has 1 N–H and O–H groups in total. The standard InChI is InChI=1S/C12H16BrN3O2/c1-8(5-13)9-6-14-10(15-7-9)16-11(17)18-12(2,3)4/h6-7H,1,5H2,2-4H3,(H,14,15,16,17). The minimum absolute atomic E-state index is 0.204. The van der Waals surface area contributed by atoms with Gasteiger partial charge in [-0.15, -0.1) is 0 Å². The van der Waals surface area contributed by atoms with E-state index < -0.39 is 11.7 Å². The molecule has 0 aliphatic carbocycles. The second-order valence-electron chi connectivity index (χ2n) is 4.66. The predicted molar refractivity (Wildman–Crippen MR) is 74.7 cm³/mol. The van der Waals surface area contributed by atoms with E-state index in [1.54, 1.807) is 33.2 Å². The van der Waals surface area contributed by atoms with Gasteiger partial charge >= 0.3 is 6.09 Å². The molecule has 0 bridgehead atoms. The molecule has 0 aliphatic heterocycles. The van der Waals surface area contributed by atoms with Crippen LogP contribution in [0.25, 0.3) is 5.57 Å². The lowest BCUT2D eigenvalue weighted by Crippen LogP contribution is -2.27. The van der Waals surface area contributed by atoms with Crippen LogP contribution in [-0.2, 0) is 4.74 Å². The van der Waals surface area contributed by atoms with Gasteiger partial charge in [0.15, 0.2) is 0 Å². The Labute approximate surface area is 115 Å². The van der Waals surface area contributed by atoms with Crippen LogP contribution in [0.4, 0.5) is 10.7 Å². The number of allylic oxidation sites excluding steroid dienone is 1. The van der Waals surface area contributed by atoms with Crippen LogP contribution in [0, 0.1) is 0 Å². The van der Waals surface area contributed by atoms with Crippen LogP contribution in [0.1, 0.15) is 26.3 Å². The molecule has 1 aromatic rings. The molecular weight excluding hydrogens is 298 g/mol. The molecular formula is C12H16BrN3O2. The van der Waals surface area contributed by atoms with E-state index in [1.807, 2.05) is 0 Å². The van der Waals surface area contributed by atoms with Gasteiger partial charge in [-0.05, 0) is 26.3 Å². The Morgan fingerprint density at radius 3 is 2.44 bits per heavy atom.